The first-order valence-corrected chi connectivity index (χ1v) is 13.2. The molecular formula is C33H23N3O8. The van der Waals surface area contributed by atoms with E-state index in [9.17, 15) is 29.8 Å². The average molecular weight is 590 g/mol. The van der Waals surface area contributed by atoms with E-state index in [1.807, 2.05) is 18.2 Å². The van der Waals surface area contributed by atoms with E-state index in [0.29, 0.717) is 22.5 Å². The molecule has 1 heterocycles. The van der Waals surface area contributed by atoms with Crippen LogP contribution in [0, 0.1) is 34.1 Å². The highest BCUT2D eigenvalue weighted by Crippen LogP contribution is 2.27. The lowest BCUT2D eigenvalue weighted by Crippen LogP contribution is -2.09. The molecule has 0 radical (unpaired) electrons. The van der Waals surface area contributed by atoms with Crippen LogP contribution < -0.4 is 9.47 Å². The molecular weight excluding hydrogens is 566 g/mol. The number of nitrogens with zero attached hydrogens (tertiary/aromatic N) is 3. The van der Waals surface area contributed by atoms with Crippen molar-refractivity contribution in [3.05, 3.63) is 146 Å². The minimum Gasteiger partial charge on any atom is -0.423 e. The Bertz CT molecular complexity index is 1780. The summed E-state index contributed by atoms with van der Waals surface area (Å²) >= 11 is 0. The van der Waals surface area contributed by atoms with Crippen molar-refractivity contribution in [3.63, 3.8) is 0 Å². The van der Waals surface area contributed by atoms with Gasteiger partial charge in [-0.15, -0.1) is 0 Å². The molecule has 11 nitrogen and oxygen atoms in total. The number of benzene rings is 4. The minimum atomic E-state index is -0.713. The summed E-state index contributed by atoms with van der Waals surface area (Å²) in [5.74, 6) is -0.891. The maximum atomic E-state index is 12.6. The second-order valence-corrected chi connectivity index (χ2v) is 9.75. The van der Waals surface area contributed by atoms with E-state index in [1.165, 1.54) is 36.4 Å². The zero-order valence-corrected chi connectivity index (χ0v) is 23.4. The van der Waals surface area contributed by atoms with Crippen LogP contribution in [0.4, 0.5) is 11.4 Å². The van der Waals surface area contributed by atoms with Gasteiger partial charge in [0.25, 0.3) is 11.4 Å². The van der Waals surface area contributed by atoms with Crippen LogP contribution in [-0.4, -0.2) is 26.8 Å². The number of hydrogen-bond donors (Lipinski definition) is 0. The molecule has 4 aromatic carbocycles. The fourth-order valence-electron chi connectivity index (χ4n) is 4.34. The van der Waals surface area contributed by atoms with Gasteiger partial charge < -0.3 is 9.47 Å². The average Bonchev–Trinajstić information content (AvgIpc) is 3.02. The Balaban J connectivity index is 1.26. The molecule has 0 unspecified atom stereocenters. The van der Waals surface area contributed by atoms with Crippen LogP contribution >= 0.6 is 0 Å². The first kappa shape index (κ1) is 29.3. The standard InChI is InChI=1S/C33H23N3O8/c1-20-6-8-24(18-30(20)35(39)40)32(37)43-26-14-10-22(11-15-26)28-4-3-5-29(34-28)23-12-16-27(17-13-23)44-33(38)25-9-7-21(2)31(19-25)36(41)42/h3-19H,1-2H3. The summed E-state index contributed by atoms with van der Waals surface area (Å²) in [6.45, 7) is 3.18. The lowest BCUT2D eigenvalue weighted by Gasteiger charge is -2.09. The number of ether oxygens (including phenoxy) is 2. The summed E-state index contributed by atoms with van der Waals surface area (Å²) in [5.41, 5.74) is 3.54. The van der Waals surface area contributed by atoms with E-state index >= 15 is 0 Å². The van der Waals surface area contributed by atoms with E-state index in [4.69, 9.17) is 14.5 Å². The number of aromatic nitrogens is 1. The zero-order valence-electron chi connectivity index (χ0n) is 23.4. The minimum absolute atomic E-state index is 0.0700. The van der Waals surface area contributed by atoms with Crippen LogP contribution in [-0.2, 0) is 0 Å². The van der Waals surface area contributed by atoms with Crippen LogP contribution in [0.3, 0.4) is 0 Å². The molecule has 0 amide bonds. The molecule has 0 aliphatic rings. The highest BCUT2D eigenvalue weighted by molar-refractivity contribution is 5.92. The molecule has 44 heavy (non-hydrogen) atoms. The third kappa shape index (κ3) is 6.47. The second-order valence-electron chi connectivity index (χ2n) is 9.75. The maximum Gasteiger partial charge on any atom is 0.343 e. The topological polar surface area (TPSA) is 152 Å². The summed E-state index contributed by atoms with van der Waals surface area (Å²) in [6, 6.07) is 27.2. The zero-order chi connectivity index (χ0) is 31.4. The molecule has 5 rings (SSSR count). The van der Waals surface area contributed by atoms with E-state index in [2.05, 4.69) is 0 Å². The highest BCUT2D eigenvalue weighted by atomic mass is 16.6. The highest BCUT2D eigenvalue weighted by Gasteiger charge is 2.18. The van der Waals surface area contributed by atoms with Crippen LogP contribution in [0.2, 0.25) is 0 Å². The maximum absolute atomic E-state index is 12.6. The van der Waals surface area contributed by atoms with Gasteiger partial charge in [0.05, 0.1) is 32.4 Å². The third-order valence-electron chi connectivity index (χ3n) is 6.75. The van der Waals surface area contributed by atoms with Crippen molar-refractivity contribution in [1.82, 2.24) is 4.98 Å². The molecule has 0 aliphatic carbocycles. The van der Waals surface area contributed by atoms with Crippen molar-refractivity contribution in [3.8, 4) is 34.0 Å². The van der Waals surface area contributed by atoms with Gasteiger partial charge in [-0.25, -0.2) is 14.6 Å². The first-order chi connectivity index (χ1) is 21.1. The number of rotatable bonds is 8. The summed E-state index contributed by atoms with van der Waals surface area (Å²) in [7, 11) is 0. The Morgan fingerprint density at radius 3 is 1.34 bits per heavy atom. The van der Waals surface area contributed by atoms with Crippen molar-refractivity contribution in [2.75, 3.05) is 0 Å². The molecule has 0 bridgehead atoms. The van der Waals surface area contributed by atoms with Crippen molar-refractivity contribution in [1.29, 1.82) is 0 Å². The predicted molar refractivity (Wildman–Crippen MR) is 161 cm³/mol. The van der Waals surface area contributed by atoms with Gasteiger partial charge in [-0.05, 0) is 86.6 Å². The number of nitro groups is 2. The van der Waals surface area contributed by atoms with Crippen LogP contribution in [0.1, 0.15) is 31.8 Å². The van der Waals surface area contributed by atoms with Gasteiger partial charge in [-0.3, -0.25) is 20.2 Å². The Kier molecular flexibility index (Phi) is 8.20. The number of carbonyl (C=O) groups excluding carboxylic acids is 2. The molecule has 0 saturated heterocycles. The summed E-state index contributed by atoms with van der Waals surface area (Å²) < 4.78 is 10.8. The normalized spacial score (nSPS) is 10.6. The molecule has 0 atom stereocenters. The lowest BCUT2D eigenvalue weighted by molar-refractivity contribution is -0.385. The Morgan fingerprint density at radius 2 is 0.977 bits per heavy atom. The number of esters is 2. The van der Waals surface area contributed by atoms with Crippen molar-refractivity contribution >= 4 is 23.3 Å². The summed E-state index contributed by atoms with van der Waals surface area (Å²) in [5, 5.41) is 22.4. The van der Waals surface area contributed by atoms with E-state index < -0.39 is 21.8 Å². The van der Waals surface area contributed by atoms with E-state index in [-0.39, 0.29) is 34.0 Å². The molecule has 11 heteroatoms. The SMILES string of the molecule is Cc1ccc(C(=O)Oc2ccc(-c3cccc(-c4ccc(OC(=O)c5ccc(C)c([N+](=O)[O-])c5)cc4)n3)cc2)cc1[N+](=O)[O-]. The third-order valence-corrected chi connectivity index (χ3v) is 6.75. The Morgan fingerprint density at radius 1 is 0.591 bits per heavy atom. The molecule has 5 aromatic rings. The van der Waals surface area contributed by atoms with Crippen LogP contribution in [0.5, 0.6) is 11.5 Å². The van der Waals surface area contributed by atoms with E-state index in [0.717, 1.165) is 11.1 Å². The van der Waals surface area contributed by atoms with Gasteiger partial charge >= 0.3 is 11.9 Å². The van der Waals surface area contributed by atoms with Gasteiger partial charge in [-0.1, -0.05) is 18.2 Å². The number of pyridine rings is 1. The Labute approximate surface area is 250 Å². The van der Waals surface area contributed by atoms with Crippen molar-refractivity contribution in [2.45, 2.75) is 13.8 Å². The lowest BCUT2D eigenvalue weighted by atomic mass is 10.1. The molecule has 0 spiro atoms. The number of nitro benzene ring substituents is 2. The van der Waals surface area contributed by atoms with Crippen molar-refractivity contribution < 1.29 is 28.9 Å². The van der Waals surface area contributed by atoms with Gasteiger partial charge in [0.2, 0.25) is 0 Å². The smallest absolute Gasteiger partial charge is 0.343 e. The molecule has 1 aromatic heterocycles. The molecule has 218 valence electrons. The number of carbonyl (C=O) groups is 2. The summed E-state index contributed by atoms with van der Waals surface area (Å²) in [6.07, 6.45) is 0. The van der Waals surface area contributed by atoms with Gasteiger partial charge in [0, 0.05) is 34.4 Å². The number of hydrogen-bond acceptors (Lipinski definition) is 9. The first-order valence-electron chi connectivity index (χ1n) is 13.2. The number of aryl methyl sites for hydroxylation is 2. The molecule has 0 saturated carbocycles. The van der Waals surface area contributed by atoms with Crippen LogP contribution in [0.15, 0.2) is 103 Å². The van der Waals surface area contributed by atoms with Gasteiger partial charge in [-0.2, -0.15) is 0 Å². The van der Waals surface area contributed by atoms with E-state index in [1.54, 1.807) is 62.4 Å². The second kappa shape index (κ2) is 12.3. The monoisotopic (exact) mass is 589 g/mol. The van der Waals surface area contributed by atoms with Crippen LogP contribution in [0.25, 0.3) is 22.5 Å². The molecule has 0 N–H and O–H groups in total. The largest absolute Gasteiger partial charge is 0.423 e. The molecule has 0 aliphatic heterocycles. The van der Waals surface area contributed by atoms with Gasteiger partial charge in [0.1, 0.15) is 11.5 Å². The predicted octanol–water partition coefficient (Wildman–Crippen LogP) is 7.29. The quantitative estimate of drug-likeness (QED) is 0.0786. The fraction of sp³-hybridized carbons (Fsp3) is 0.0606. The summed E-state index contributed by atoms with van der Waals surface area (Å²) in [4.78, 5) is 51.1. The molecule has 0 fully saturated rings. The van der Waals surface area contributed by atoms with Gasteiger partial charge in [0.15, 0.2) is 0 Å². The fourth-order valence-corrected chi connectivity index (χ4v) is 4.34. The Hall–Kier alpha value is -6.23. The van der Waals surface area contributed by atoms with Crippen molar-refractivity contribution in [2.24, 2.45) is 0 Å².